The molecule has 0 aromatic heterocycles. The number of nitrogens with one attached hydrogen (secondary N) is 2. The van der Waals surface area contributed by atoms with Gasteiger partial charge in [-0.3, -0.25) is 0 Å². The quantitative estimate of drug-likeness (QED) is 0.784. The second-order valence-corrected chi connectivity index (χ2v) is 5.22. The summed E-state index contributed by atoms with van der Waals surface area (Å²) in [5, 5.41) is 13.9. The molecule has 0 saturated heterocycles. The molecule has 7 heteroatoms. The molecule has 0 fully saturated rings. The first-order valence-corrected chi connectivity index (χ1v) is 7.13. The van der Waals surface area contributed by atoms with Crippen LogP contribution in [0.15, 0.2) is 48.5 Å². The number of amides is 2. The second kappa shape index (κ2) is 7.60. The number of carboxylic acid groups (broad SMARTS) is 1. The standard InChI is InChI=1S/C16H14ClFN2O3/c17-12-9-11(6-7-13(12)18)19-16(23)20-14(15(21)22)8-10-4-2-1-3-5-10/h1-7,9,14H,8H2,(H,21,22)(H2,19,20,23)/t14-/m0/s1. The molecule has 23 heavy (non-hydrogen) atoms. The number of rotatable bonds is 5. The molecule has 0 aliphatic carbocycles. The topological polar surface area (TPSA) is 78.4 Å². The SMILES string of the molecule is O=C(Nc1ccc(F)c(Cl)c1)N[C@@H](Cc1ccccc1)C(=O)O. The van der Waals surface area contributed by atoms with Gasteiger partial charge in [0, 0.05) is 12.1 Å². The summed E-state index contributed by atoms with van der Waals surface area (Å²) in [5.74, 6) is -1.76. The summed E-state index contributed by atoms with van der Waals surface area (Å²) in [4.78, 5) is 23.2. The van der Waals surface area contributed by atoms with Crippen molar-refractivity contribution in [3.8, 4) is 0 Å². The maximum Gasteiger partial charge on any atom is 0.326 e. The van der Waals surface area contributed by atoms with Crippen molar-refractivity contribution in [1.82, 2.24) is 5.32 Å². The largest absolute Gasteiger partial charge is 0.480 e. The molecule has 0 unspecified atom stereocenters. The van der Waals surface area contributed by atoms with Crippen molar-refractivity contribution in [2.45, 2.75) is 12.5 Å². The van der Waals surface area contributed by atoms with Gasteiger partial charge in [0.1, 0.15) is 11.9 Å². The van der Waals surface area contributed by atoms with Crippen LogP contribution in [0.3, 0.4) is 0 Å². The van der Waals surface area contributed by atoms with Crippen LogP contribution in [-0.4, -0.2) is 23.1 Å². The number of carbonyl (C=O) groups is 2. The highest BCUT2D eigenvalue weighted by Gasteiger charge is 2.20. The van der Waals surface area contributed by atoms with Crippen LogP contribution in [-0.2, 0) is 11.2 Å². The van der Waals surface area contributed by atoms with Crippen molar-refractivity contribution >= 4 is 29.3 Å². The Labute approximate surface area is 137 Å². The van der Waals surface area contributed by atoms with E-state index in [0.717, 1.165) is 11.6 Å². The summed E-state index contributed by atoms with van der Waals surface area (Å²) in [6, 6.07) is 10.8. The average molecular weight is 337 g/mol. The fourth-order valence-corrected chi connectivity index (χ4v) is 2.13. The Hall–Kier alpha value is -2.60. The van der Waals surface area contributed by atoms with Crippen LogP contribution in [0.1, 0.15) is 5.56 Å². The minimum Gasteiger partial charge on any atom is -0.480 e. The van der Waals surface area contributed by atoms with E-state index >= 15 is 0 Å². The van der Waals surface area contributed by atoms with Crippen LogP contribution in [0.5, 0.6) is 0 Å². The summed E-state index contributed by atoms with van der Waals surface area (Å²) < 4.78 is 13.1. The number of urea groups is 1. The maximum absolute atomic E-state index is 13.1. The van der Waals surface area contributed by atoms with E-state index in [4.69, 9.17) is 11.6 Å². The molecule has 120 valence electrons. The Kier molecular flexibility index (Phi) is 5.54. The molecule has 0 heterocycles. The first kappa shape index (κ1) is 16.8. The predicted octanol–water partition coefficient (Wildman–Crippen LogP) is 3.30. The molecule has 2 amide bonds. The van der Waals surface area contributed by atoms with E-state index in [1.165, 1.54) is 12.1 Å². The third-order valence-corrected chi connectivity index (χ3v) is 3.35. The minimum absolute atomic E-state index is 0.137. The smallest absolute Gasteiger partial charge is 0.326 e. The molecular formula is C16H14ClFN2O3. The fourth-order valence-electron chi connectivity index (χ4n) is 1.95. The average Bonchev–Trinajstić information content (AvgIpc) is 2.51. The lowest BCUT2D eigenvalue weighted by Crippen LogP contribution is -2.44. The third-order valence-electron chi connectivity index (χ3n) is 3.06. The Morgan fingerprint density at radius 2 is 1.87 bits per heavy atom. The van der Waals surface area contributed by atoms with Gasteiger partial charge < -0.3 is 15.7 Å². The zero-order valence-corrected chi connectivity index (χ0v) is 12.7. The zero-order chi connectivity index (χ0) is 16.8. The van der Waals surface area contributed by atoms with Gasteiger partial charge in [0.05, 0.1) is 5.02 Å². The molecule has 2 aromatic rings. The molecule has 2 aromatic carbocycles. The van der Waals surface area contributed by atoms with E-state index in [9.17, 15) is 19.1 Å². The number of carboxylic acids is 1. The first-order valence-electron chi connectivity index (χ1n) is 6.75. The highest BCUT2D eigenvalue weighted by Crippen LogP contribution is 2.19. The molecule has 2 rings (SSSR count). The Balaban J connectivity index is 2.00. The molecule has 5 nitrogen and oxygen atoms in total. The number of hydrogen-bond donors (Lipinski definition) is 3. The van der Waals surface area contributed by atoms with Gasteiger partial charge in [0.25, 0.3) is 0 Å². The number of aliphatic carboxylic acids is 1. The Morgan fingerprint density at radius 3 is 2.48 bits per heavy atom. The van der Waals surface area contributed by atoms with E-state index in [1.807, 2.05) is 6.07 Å². The zero-order valence-electron chi connectivity index (χ0n) is 11.9. The van der Waals surface area contributed by atoms with Crippen LogP contribution in [0.4, 0.5) is 14.9 Å². The van der Waals surface area contributed by atoms with Crippen molar-refractivity contribution in [3.63, 3.8) is 0 Å². The van der Waals surface area contributed by atoms with Crippen LogP contribution in [0.2, 0.25) is 5.02 Å². The van der Waals surface area contributed by atoms with Gasteiger partial charge in [0.15, 0.2) is 0 Å². The number of halogens is 2. The van der Waals surface area contributed by atoms with E-state index < -0.39 is 23.9 Å². The Morgan fingerprint density at radius 1 is 1.17 bits per heavy atom. The number of hydrogen-bond acceptors (Lipinski definition) is 2. The van der Waals surface area contributed by atoms with Gasteiger partial charge in [-0.1, -0.05) is 41.9 Å². The van der Waals surface area contributed by atoms with Gasteiger partial charge in [-0.05, 0) is 23.8 Å². The lowest BCUT2D eigenvalue weighted by Gasteiger charge is -2.15. The molecule has 0 aliphatic heterocycles. The van der Waals surface area contributed by atoms with Gasteiger partial charge >= 0.3 is 12.0 Å². The number of benzene rings is 2. The van der Waals surface area contributed by atoms with Crippen LogP contribution in [0, 0.1) is 5.82 Å². The molecule has 0 saturated carbocycles. The van der Waals surface area contributed by atoms with Crippen molar-refractivity contribution in [3.05, 3.63) is 64.9 Å². The van der Waals surface area contributed by atoms with Crippen molar-refractivity contribution in [1.29, 1.82) is 0 Å². The van der Waals surface area contributed by atoms with Crippen molar-refractivity contribution in [2.75, 3.05) is 5.32 Å². The predicted molar refractivity (Wildman–Crippen MR) is 85.1 cm³/mol. The normalized spacial score (nSPS) is 11.6. The van der Waals surface area contributed by atoms with E-state index in [-0.39, 0.29) is 17.1 Å². The van der Waals surface area contributed by atoms with Crippen molar-refractivity contribution < 1.29 is 19.1 Å². The highest BCUT2D eigenvalue weighted by atomic mass is 35.5. The van der Waals surface area contributed by atoms with E-state index in [0.29, 0.717) is 0 Å². The molecule has 1 atom stereocenters. The van der Waals surface area contributed by atoms with E-state index in [1.54, 1.807) is 24.3 Å². The molecule has 0 radical (unpaired) electrons. The monoisotopic (exact) mass is 336 g/mol. The molecule has 3 N–H and O–H groups in total. The summed E-state index contributed by atoms with van der Waals surface area (Å²) in [6.07, 6.45) is 0.147. The maximum atomic E-state index is 13.1. The number of carbonyl (C=O) groups excluding carboxylic acids is 1. The van der Waals surface area contributed by atoms with E-state index in [2.05, 4.69) is 10.6 Å². The van der Waals surface area contributed by atoms with Crippen LogP contribution in [0.25, 0.3) is 0 Å². The van der Waals surface area contributed by atoms with Gasteiger partial charge in [0.2, 0.25) is 0 Å². The van der Waals surface area contributed by atoms with Crippen LogP contribution >= 0.6 is 11.6 Å². The summed E-state index contributed by atoms with van der Waals surface area (Å²) >= 11 is 5.62. The molecule has 0 spiro atoms. The molecule has 0 bridgehead atoms. The summed E-state index contributed by atoms with van der Waals surface area (Å²) in [6.45, 7) is 0. The van der Waals surface area contributed by atoms with Gasteiger partial charge in [-0.2, -0.15) is 0 Å². The van der Waals surface area contributed by atoms with Gasteiger partial charge in [-0.25, -0.2) is 14.0 Å². The molecular weight excluding hydrogens is 323 g/mol. The second-order valence-electron chi connectivity index (χ2n) is 4.81. The summed E-state index contributed by atoms with van der Waals surface area (Å²) in [5.41, 5.74) is 1.04. The lowest BCUT2D eigenvalue weighted by molar-refractivity contribution is -0.139. The van der Waals surface area contributed by atoms with Crippen LogP contribution < -0.4 is 10.6 Å². The highest BCUT2D eigenvalue weighted by molar-refractivity contribution is 6.31. The lowest BCUT2D eigenvalue weighted by atomic mass is 10.1. The minimum atomic E-state index is -1.15. The Bertz CT molecular complexity index is 710. The fraction of sp³-hybridized carbons (Fsp3) is 0.125. The molecule has 0 aliphatic rings. The van der Waals surface area contributed by atoms with Crippen molar-refractivity contribution in [2.24, 2.45) is 0 Å². The third kappa shape index (κ3) is 4.96. The summed E-state index contributed by atoms with van der Waals surface area (Å²) in [7, 11) is 0. The first-order chi connectivity index (χ1) is 11.0. The number of anilines is 1. The van der Waals surface area contributed by atoms with Gasteiger partial charge in [-0.15, -0.1) is 0 Å².